The molecule has 5 nitrogen and oxygen atoms in total. The normalized spacial score (nSPS) is 16.8. The summed E-state index contributed by atoms with van der Waals surface area (Å²) in [6, 6.07) is 13.5. The molecule has 0 N–H and O–H groups in total. The van der Waals surface area contributed by atoms with Gasteiger partial charge in [0, 0.05) is 31.9 Å². The van der Waals surface area contributed by atoms with Crippen LogP contribution in [0.2, 0.25) is 0 Å². The van der Waals surface area contributed by atoms with Crippen LogP contribution in [0.4, 0.5) is 13.2 Å². The van der Waals surface area contributed by atoms with Crippen LogP contribution in [0.3, 0.4) is 0 Å². The van der Waals surface area contributed by atoms with Gasteiger partial charge in [-0.1, -0.05) is 36.4 Å². The summed E-state index contributed by atoms with van der Waals surface area (Å²) in [5, 5.41) is -0.285. The molecule has 1 atom stereocenters. The van der Waals surface area contributed by atoms with E-state index in [-0.39, 0.29) is 37.3 Å². The number of sulfonamides is 1. The number of carbonyl (C=O) groups is 1. The van der Waals surface area contributed by atoms with Gasteiger partial charge in [-0.3, -0.25) is 4.79 Å². The summed E-state index contributed by atoms with van der Waals surface area (Å²) < 4.78 is 65.5. The molecular formula is C21H23F3N2O3S2. The maximum atomic E-state index is 12.9. The Labute approximate surface area is 184 Å². The Balaban J connectivity index is 1.59. The van der Waals surface area contributed by atoms with Gasteiger partial charge in [0.15, 0.2) is 0 Å². The van der Waals surface area contributed by atoms with Gasteiger partial charge in [0.25, 0.3) is 0 Å². The molecule has 31 heavy (non-hydrogen) atoms. The minimum atomic E-state index is -4.62. The Morgan fingerprint density at radius 2 is 1.68 bits per heavy atom. The zero-order chi connectivity index (χ0) is 22.6. The minimum absolute atomic E-state index is 0.0421. The quantitative estimate of drug-likeness (QED) is 0.641. The van der Waals surface area contributed by atoms with Crippen LogP contribution in [-0.4, -0.2) is 55.0 Å². The number of alkyl halides is 3. The first-order chi connectivity index (χ1) is 14.6. The van der Waals surface area contributed by atoms with E-state index in [2.05, 4.69) is 0 Å². The summed E-state index contributed by atoms with van der Waals surface area (Å²) in [6.45, 7) is 2.31. The fraction of sp³-hybridized carbons (Fsp3) is 0.381. The van der Waals surface area contributed by atoms with Gasteiger partial charge in [-0.25, -0.2) is 8.42 Å². The topological polar surface area (TPSA) is 57.7 Å². The Morgan fingerprint density at radius 1 is 1.03 bits per heavy atom. The van der Waals surface area contributed by atoms with Gasteiger partial charge in [0.05, 0.1) is 15.7 Å². The van der Waals surface area contributed by atoms with Crippen molar-refractivity contribution < 1.29 is 26.4 Å². The highest BCUT2D eigenvalue weighted by Gasteiger charge is 2.35. The Bertz CT molecular complexity index is 1010. The molecule has 10 heteroatoms. The van der Waals surface area contributed by atoms with Gasteiger partial charge in [0.2, 0.25) is 15.9 Å². The third kappa shape index (κ3) is 5.81. The van der Waals surface area contributed by atoms with Crippen molar-refractivity contribution in [2.75, 3.05) is 26.2 Å². The van der Waals surface area contributed by atoms with E-state index in [0.29, 0.717) is 11.8 Å². The molecule has 1 saturated heterocycles. The van der Waals surface area contributed by atoms with Crippen LogP contribution in [0.5, 0.6) is 0 Å². The molecule has 1 unspecified atom stereocenters. The first-order valence-corrected chi connectivity index (χ1v) is 12.2. The largest absolute Gasteiger partial charge is 0.416 e. The fourth-order valence-electron chi connectivity index (χ4n) is 3.25. The molecule has 0 bridgehead atoms. The fourth-order valence-corrected chi connectivity index (χ4v) is 5.65. The van der Waals surface area contributed by atoms with Crippen LogP contribution in [0, 0.1) is 0 Å². The number of rotatable bonds is 6. The van der Waals surface area contributed by atoms with Gasteiger partial charge in [-0.05, 0) is 30.7 Å². The van der Waals surface area contributed by atoms with Crippen LogP contribution in [0.15, 0.2) is 59.5 Å². The molecule has 2 aromatic carbocycles. The van der Waals surface area contributed by atoms with Crippen LogP contribution in [-0.2, 0) is 26.7 Å². The summed E-state index contributed by atoms with van der Waals surface area (Å²) in [6.07, 6.45) is -4.62. The number of hydrogen-bond donors (Lipinski definition) is 0. The van der Waals surface area contributed by atoms with E-state index in [1.807, 2.05) is 37.3 Å². The molecule has 3 rings (SSSR count). The first kappa shape index (κ1) is 23.6. The molecule has 1 amide bonds. The molecule has 1 aliphatic heterocycles. The van der Waals surface area contributed by atoms with Gasteiger partial charge < -0.3 is 4.90 Å². The van der Waals surface area contributed by atoms with Gasteiger partial charge in [-0.15, -0.1) is 11.8 Å². The summed E-state index contributed by atoms with van der Waals surface area (Å²) in [7, 11) is -4.07. The van der Waals surface area contributed by atoms with Gasteiger partial charge in [0.1, 0.15) is 0 Å². The average molecular weight is 473 g/mol. The van der Waals surface area contributed by atoms with E-state index in [0.717, 1.165) is 28.1 Å². The molecule has 0 radical (unpaired) electrons. The van der Waals surface area contributed by atoms with Gasteiger partial charge in [-0.2, -0.15) is 17.5 Å². The van der Waals surface area contributed by atoms with Gasteiger partial charge >= 0.3 is 6.18 Å². The van der Waals surface area contributed by atoms with Crippen molar-refractivity contribution in [1.29, 1.82) is 0 Å². The number of amides is 1. The SMILES string of the molecule is CC(SCc1ccccc1)C(=O)N1CCN(S(=O)(=O)c2cccc(C(F)(F)F)c2)CC1. The Morgan fingerprint density at radius 3 is 2.29 bits per heavy atom. The molecule has 1 fully saturated rings. The second kappa shape index (κ2) is 9.62. The van der Waals surface area contributed by atoms with Crippen LogP contribution < -0.4 is 0 Å². The standard InChI is InChI=1S/C21H23F3N2O3S2/c1-16(30-15-17-6-3-2-4-7-17)20(27)25-10-12-26(13-11-25)31(28,29)19-9-5-8-18(14-19)21(22,23)24/h2-9,14,16H,10-13,15H2,1H3. The van der Waals surface area contributed by atoms with E-state index < -0.39 is 26.7 Å². The highest BCUT2D eigenvalue weighted by molar-refractivity contribution is 7.99. The number of benzene rings is 2. The van der Waals surface area contributed by atoms with Crippen LogP contribution >= 0.6 is 11.8 Å². The number of thioether (sulfide) groups is 1. The molecule has 0 spiro atoms. The van der Waals surface area contributed by atoms with Crippen molar-refractivity contribution in [2.24, 2.45) is 0 Å². The maximum absolute atomic E-state index is 12.9. The number of hydrogen-bond acceptors (Lipinski definition) is 4. The predicted molar refractivity (Wildman–Crippen MR) is 114 cm³/mol. The molecule has 168 valence electrons. The lowest BCUT2D eigenvalue weighted by Crippen LogP contribution is -2.52. The first-order valence-electron chi connectivity index (χ1n) is 9.71. The van der Waals surface area contributed by atoms with Crippen molar-refractivity contribution in [1.82, 2.24) is 9.21 Å². The van der Waals surface area contributed by atoms with Crippen molar-refractivity contribution >= 4 is 27.7 Å². The lowest BCUT2D eigenvalue weighted by molar-refractivity contribution is -0.137. The van der Waals surface area contributed by atoms with E-state index in [4.69, 9.17) is 0 Å². The zero-order valence-electron chi connectivity index (χ0n) is 16.9. The number of piperazine rings is 1. The van der Waals surface area contributed by atoms with Crippen molar-refractivity contribution in [2.45, 2.75) is 29.0 Å². The maximum Gasteiger partial charge on any atom is 0.416 e. The summed E-state index contributed by atoms with van der Waals surface area (Å²) in [4.78, 5) is 13.9. The van der Waals surface area contributed by atoms with Crippen molar-refractivity contribution in [3.05, 3.63) is 65.7 Å². The Kier molecular flexibility index (Phi) is 7.33. The number of nitrogens with zero attached hydrogens (tertiary/aromatic N) is 2. The third-order valence-electron chi connectivity index (χ3n) is 5.04. The minimum Gasteiger partial charge on any atom is -0.339 e. The molecule has 0 aliphatic carbocycles. The summed E-state index contributed by atoms with van der Waals surface area (Å²) in [5.74, 6) is 0.620. The molecule has 1 heterocycles. The molecular weight excluding hydrogens is 449 g/mol. The van der Waals surface area contributed by atoms with Crippen molar-refractivity contribution in [3.8, 4) is 0 Å². The second-order valence-electron chi connectivity index (χ2n) is 7.19. The predicted octanol–water partition coefficient (Wildman–Crippen LogP) is 3.86. The van der Waals surface area contributed by atoms with Crippen LogP contribution in [0.25, 0.3) is 0 Å². The summed E-state index contributed by atoms with van der Waals surface area (Å²) >= 11 is 1.51. The molecule has 2 aromatic rings. The highest BCUT2D eigenvalue weighted by Crippen LogP contribution is 2.31. The second-order valence-corrected chi connectivity index (χ2v) is 10.5. The molecule has 1 aliphatic rings. The monoisotopic (exact) mass is 472 g/mol. The van der Waals surface area contributed by atoms with Crippen molar-refractivity contribution in [3.63, 3.8) is 0 Å². The highest BCUT2D eigenvalue weighted by atomic mass is 32.2. The van der Waals surface area contributed by atoms with Crippen LogP contribution in [0.1, 0.15) is 18.1 Å². The van der Waals surface area contributed by atoms with E-state index in [1.165, 1.54) is 11.8 Å². The smallest absolute Gasteiger partial charge is 0.339 e. The average Bonchev–Trinajstić information content (AvgIpc) is 2.77. The lowest BCUT2D eigenvalue weighted by atomic mass is 10.2. The lowest BCUT2D eigenvalue weighted by Gasteiger charge is -2.35. The zero-order valence-corrected chi connectivity index (χ0v) is 18.5. The summed E-state index contributed by atoms with van der Waals surface area (Å²) in [5.41, 5.74) is 0.107. The molecule has 0 saturated carbocycles. The van der Waals surface area contributed by atoms with E-state index in [9.17, 15) is 26.4 Å². The number of carbonyl (C=O) groups excluding carboxylic acids is 1. The van der Waals surface area contributed by atoms with E-state index >= 15 is 0 Å². The van der Waals surface area contributed by atoms with E-state index in [1.54, 1.807) is 4.90 Å². The number of halogens is 3. The molecule has 0 aromatic heterocycles. The Hall–Kier alpha value is -2.04. The third-order valence-corrected chi connectivity index (χ3v) is 8.14.